The maximum Gasteiger partial charge on any atom is 0.336 e. The fraction of sp³-hybridized carbons (Fsp3) is 0.462. The highest BCUT2D eigenvalue weighted by Crippen LogP contribution is 2.19. The zero-order valence-electron chi connectivity index (χ0n) is 9.66. The SMILES string of the molecule is O=C(O)c1cc(Cl)ccc1CN1CCCCC1. The highest BCUT2D eigenvalue weighted by Gasteiger charge is 2.15. The lowest BCUT2D eigenvalue weighted by Gasteiger charge is -2.26. The van der Waals surface area contributed by atoms with Crippen molar-refractivity contribution in [2.75, 3.05) is 13.1 Å². The Kier molecular flexibility index (Phi) is 4.02. The molecule has 3 nitrogen and oxygen atoms in total. The zero-order chi connectivity index (χ0) is 12.3. The van der Waals surface area contributed by atoms with E-state index in [1.54, 1.807) is 6.07 Å². The van der Waals surface area contributed by atoms with Gasteiger partial charge in [-0.1, -0.05) is 24.1 Å². The molecule has 0 atom stereocenters. The summed E-state index contributed by atoms with van der Waals surface area (Å²) in [6.07, 6.45) is 3.69. The molecule has 1 saturated heterocycles. The zero-order valence-corrected chi connectivity index (χ0v) is 10.4. The summed E-state index contributed by atoms with van der Waals surface area (Å²) in [6.45, 7) is 2.82. The first kappa shape index (κ1) is 12.4. The van der Waals surface area contributed by atoms with E-state index < -0.39 is 5.97 Å². The number of halogens is 1. The molecule has 0 unspecified atom stereocenters. The van der Waals surface area contributed by atoms with Gasteiger partial charge in [0.25, 0.3) is 0 Å². The first-order chi connectivity index (χ1) is 8.16. The van der Waals surface area contributed by atoms with Gasteiger partial charge in [0.15, 0.2) is 0 Å². The molecule has 0 aromatic heterocycles. The van der Waals surface area contributed by atoms with Crippen LogP contribution in [-0.2, 0) is 6.54 Å². The average molecular weight is 254 g/mol. The van der Waals surface area contributed by atoms with Crippen molar-refractivity contribution in [2.45, 2.75) is 25.8 Å². The van der Waals surface area contributed by atoms with Gasteiger partial charge >= 0.3 is 5.97 Å². The van der Waals surface area contributed by atoms with E-state index >= 15 is 0 Å². The number of rotatable bonds is 3. The van der Waals surface area contributed by atoms with Crippen LogP contribution in [0.2, 0.25) is 5.02 Å². The van der Waals surface area contributed by atoms with Crippen LogP contribution in [0.25, 0.3) is 0 Å². The number of aromatic carboxylic acids is 1. The molecule has 1 N–H and O–H groups in total. The van der Waals surface area contributed by atoms with E-state index in [9.17, 15) is 4.79 Å². The summed E-state index contributed by atoms with van der Waals surface area (Å²) < 4.78 is 0. The van der Waals surface area contributed by atoms with Gasteiger partial charge in [0.1, 0.15) is 0 Å². The largest absolute Gasteiger partial charge is 0.478 e. The summed E-state index contributed by atoms with van der Waals surface area (Å²) >= 11 is 5.83. The number of carboxylic acid groups (broad SMARTS) is 1. The van der Waals surface area contributed by atoms with Gasteiger partial charge in [-0.15, -0.1) is 0 Å². The standard InChI is InChI=1S/C13H16ClNO2/c14-11-5-4-10(12(8-11)13(16)17)9-15-6-2-1-3-7-15/h4-5,8H,1-3,6-7,9H2,(H,16,17). The van der Waals surface area contributed by atoms with Crippen LogP contribution < -0.4 is 0 Å². The van der Waals surface area contributed by atoms with Gasteiger partial charge in [-0.25, -0.2) is 4.79 Å². The van der Waals surface area contributed by atoms with Gasteiger partial charge in [0.2, 0.25) is 0 Å². The Morgan fingerprint density at radius 3 is 2.65 bits per heavy atom. The van der Waals surface area contributed by atoms with Crippen LogP contribution in [0.5, 0.6) is 0 Å². The minimum atomic E-state index is -0.903. The second-order valence-corrected chi connectivity index (χ2v) is 4.88. The first-order valence-corrected chi connectivity index (χ1v) is 6.28. The second kappa shape index (κ2) is 5.52. The predicted octanol–water partition coefficient (Wildman–Crippen LogP) is 3.02. The minimum absolute atomic E-state index is 0.322. The Labute approximate surface area is 106 Å². The molecule has 1 aliphatic rings. The molecule has 0 spiro atoms. The summed E-state index contributed by atoms with van der Waals surface area (Å²) in [5.74, 6) is -0.903. The summed E-state index contributed by atoms with van der Waals surface area (Å²) in [5.41, 5.74) is 1.17. The van der Waals surface area contributed by atoms with Gasteiger partial charge in [-0.2, -0.15) is 0 Å². The smallest absolute Gasteiger partial charge is 0.336 e. The highest BCUT2D eigenvalue weighted by atomic mass is 35.5. The van der Waals surface area contributed by atoms with Crippen molar-refractivity contribution in [3.8, 4) is 0 Å². The number of hydrogen-bond acceptors (Lipinski definition) is 2. The van der Waals surface area contributed by atoms with Gasteiger partial charge in [-0.3, -0.25) is 4.90 Å². The number of carboxylic acids is 1. The van der Waals surface area contributed by atoms with Crippen molar-refractivity contribution in [1.82, 2.24) is 4.90 Å². The molecule has 1 heterocycles. The number of likely N-dealkylation sites (tertiary alicyclic amines) is 1. The Hall–Kier alpha value is -1.06. The molecule has 4 heteroatoms. The number of carbonyl (C=O) groups is 1. The molecule has 1 aromatic rings. The van der Waals surface area contributed by atoms with Crippen molar-refractivity contribution in [1.29, 1.82) is 0 Å². The summed E-state index contributed by atoms with van der Waals surface area (Å²) in [7, 11) is 0. The van der Waals surface area contributed by atoms with Crippen LogP contribution in [0.15, 0.2) is 18.2 Å². The lowest BCUT2D eigenvalue weighted by molar-refractivity contribution is 0.0694. The Balaban J connectivity index is 2.16. The van der Waals surface area contributed by atoms with E-state index in [1.807, 2.05) is 6.07 Å². The molecule has 92 valence electrons. The third-order valence-corrected chi connectivity index (χ3v) is 3.38. The van der Waals surface area contributed by atoms with Gasteiger partial charge < -0.3 is 5.11 Å². The highest BCUT2D eigenvalue weighted by molar-refractivity contribution is 6.30. The fourth-order valence-corrected chi connectivity index (χ4v) is 2.42. The van der Waals surface area contributed by atoms with Crippen LogP contribution in [0.3, 0.4) is 0 Å². The number of benzene rings is 1. The molecule has 0 radical (unpaired) electrons. The lowest BCUT2D eigenvalue weighted by atomic mass is 10.1. The molecule has 0 saturated carbocycles. The minimum Gasteiger partial charge on any atom is -0.478 e. The van der Waals surface area contributed by atoms with E-state index in [4.69, 9.17) is 16.7 Å². The van der Waals surface area contributed by atoms with Crippen LogP contribution in [0, 0.1) is 0 Å². The normalized spacial score (nSPS) is 17.0. The van der Waals surface area contributed by atoms with E-state index in [2.05, 4.69) is 4.90 Å². The quantitative estimate of drug-likeness (QED) is 0.900. The summed E-state index contributed by atoms with van der Waals surface area (Å²) in [5, 5.41) is 9.62. The third-order valence-electron chi connectivity index (χ3n) is 3.14. The predicted molar refractivity (Wildman–Crippen MR) is 67.5 cm³/mol. The topological polar surface area (TPSA) is 40.5 Å². The van der Waals surface area contributed by atoms with Crippen molar-refractivity contribution in [3.63, 3.8) is 0 Å². The Bertz CT molecular complexity index is 414. The Morgan fingerprint density at radius 1 is 1.29 bits per heavy atom. The van der Waals surface area contributed by atoms with Crippen LogP contribution >= 0.6 is 11.6 Å². The van der Waals surface area contributed by atoms with E-state index in [1.165, 1.54) is 25.3 Å². The number of nitrogens with zero attached hydrogens (tertiary/aromatic N) is 1. The van der Waals surface area contributed by atoms with E-state index in [0.29, 0.717) is 17.1 Å². The van der Waals surface area contributed by atoms with Crippen LogP contribution in [0.1, 0.15) is 35.2 Å². The molecule has 0 bridgehead atoms. The molecular formula is C13H16ClNO2. The molecule has 0 aliphatic carbocycles. The Morgan fingerprint density at radius 2 is 2.00 bits per heavy atom. The summed E-state index contributed by atoms with van der Waals surface area (Å²) in [4.78, 5) is 13.4. The number of hydrogen-bond donors (Lipinski definition) is 1. The van der Waals surface area contributed by atoms with Gasteiger partial charge in [0.05, 0.1) is 5.56 Å². The fourth-order valence-electron chi connectivity index (χ4n) is 2.24. The molecule has 2 rings (SSSR count). The van der Waals surface area contributed by atoms with Gasteiger partial charge in [0, 0.05) is 11.6 Å². The average Bonchev–Trinajstić information content (AvgIpc) is 2.32. The van der Waals surface area contributed by atoms with E-state index in [-0.39, 0.29) is 0 Å². The lowest BCUT2D eigenvalue weighted by Crippen LogP contribution is -2.29. The maximum atomic E-state index is 11.1. The molecule has 1 aromatic carbocycles. The molecule has 0 amide bonds. The van der Waals surface area contributed by atoms with Crippen molar-refractivity contribution in [2.24, 2.45) is 0 Å². The maximum absolute atomic E-state index is 11.1. The number of piperidine rings is 1. The second-order valence-electron chi connectivity index (χ2n) is 4.44. The van der Waals surface area contributed by atoms with Gasteiger partial charge in [-0.05, 0) is 43.6 Å². The molecule has 1 aliphatic heterocycles. The summed E-state index contributed by atoms with van der Waals surface area (Å²) in [6, 6.07) is 5.11. The monoisotopic (exact) mass is 253 g/mol. The first-order valence-electron chi connectivity index (χ1n) is 5.91. The van der Waals surface area contributed by atoms with Crippen LogP contribution in [0.4, 0.5) is 0 Å². The molecule has 1 fully saturated rings. The third kappa shape index (κ3) is 3.20. The van der Waals surface area contributed by atoms with Crippen molar-refractivity contribution in [3.05, 3.63) is 34.3 Å². The van der Waals surface area contributed by atoms with Crippen molar-refractivity contribution >= 4 is 17.6 Å². The molecule has 17 heavy (non-hydrogen) atoms. The van der Waals surface area contributed by atoms with Crippen LogP contribution in [-0.4, -0.2) is 29.1 Å². The molecular weight excluding hydrogens is 238 g/mol. The van der Waals surface area contributed by atoms with Crippen molar-refractivity contribution < 1.29 is 9.90 Å². The van der Waals surface area contributed by atoms with E-state index in [0.717, 1.165) is 18.7 Å².